The van der Waals surface area contributed by atoms with Crippen LogP contribution in [0.25, 0.3) is 11.0 Å². The third-order valence-electron chi connectivity index (χ3n) is 1.99. The highest BCUT2D eigenvalue weighted by molar-refractivity contribution is 9.10. The van der Waals surface area contributed by atoms with Gasteiger partial charge in [0, 0.05) is 7.05 Å². The highest BCUT2D eigenvalue weighted by atomic mass is 79.9. The van der Waals surface area contributed by atoms with Crippen molar-refractivity contribution in [1.29, 1.82) is 0 Å². The molecule has 2 rings (SSSR count). The minimum Gasteiger partial charge on any atom is -0.328 e. The van der Waals surface area contributed by atoms with Crippen LogP contribution in [-0.4, -0.2) is 14.5 Å². The van der Waals surface area contributed by atoms with Crippen LogP contribution in [-0.2, 0) is 7.05 Å². The lowest BCUT2D eigenvalue weighted by atomic mass is 10.3. The van der Waals surface area contributed by atoms with Crippen LogP contribution in [0.4, 0.5) is 5.69 Å². The predicted octanol–water partition coefficient (Wildman–Crippen LogP) is 2.24. The van der Waals surface area contributed by atoms with E-state index in [0.717, 1.165) is 0 Å². The van der Waals surface area contributed by atoms with E-state index in [0.29, 0.717) is 15.5 Å². The van der Waals surface area contributed by atoms with Crippen LogP contribution >= 0.6 is 15.9 Å². The zero-order valence-electron chi connectivity index (χ0n) is 7.27. The standard InChI is InChI=1S/C8H6BrN3O2/c1-11-4-10-6-3-2-5(9)7(8(6)11)12(13)14/h2-4H,1H3. The number of aryl methyl sites for hydroxylation is 1. The fraction of sp³-hybridized carbons (Fsp3) is 0.125. The van der Waals surface area contributed by atoms with E-state index in [1.807, 2.05) is 0 Å². The van der Waals surface area contributed by atoms with E-state index in [-0.39, 0.29) is 5.69 Å². The summed E-state index contributed by atoms with van der Waals surface area (Å²) < 4.78 is 2.11. The first-order chi connectivity index (χ1) is 6.61. The Hall–Kier alpha value is -1.43. The monoisotopic (exact) mass is 255 g/mol. The second kappa shape index (κ2) is 3.06. The normalized spacial score (nSPS) is 10.7. The van der Waals surface area contributed by atoms with E-state index in [4.69, 9.17) is 0 Å². The molecule has 0 saturated heterocycles. The van der Waals surface area contributed by atoms with Gasteiger partial charge in [-0.1, -0.05) is 0 Å². The fourth-order valence-electron chi connectivity index (χ4n) is 1.38. The van der Waals surface area contributed by atoms with E-state index in [1.54, 1.807) is 30.1 Å². The Morgan fingerprint density at radius 1 is 1.57 bits per heavy atom. The Bertz CT molecular complexity index is 521. The van der Waals surface area contributed by atoms with Crippen LogP contribution in [0.15, 0.2) is 22.9 Å². The van der Waals surface area contributed by atoms with Gasteiger partial charge >= 0.3 is 5.69 Å². The lowest BCUT2D eigenvalue weighted by molar-refractivity contribution is -0.384. The molecule has 5 nitrogen and oxygen atoms in total. The smallest absolute Gasteiger partial charge is 0.309 e. The summed E-state index contributed by atoms with van der Waals surface area (Å²) in [7, 11) is 1.73. The number of nitro benzene ring substituents is 1. The predicted molar refractivity (Wildman–Crippen MR) is 55.1 cm³/mol. The van der Waals surface area contributed by atoms with Gasteiger partial charge in [0.15, 0.2) is 0 Å². The zero-order valence-corrected chi connectivity index (χ0v) is 8.85. The van der Waals surface area contributed by atoms with Gasteiger partial charge in [0.2, 0.25) is 0 Å². The van der Waals surface area contributed by atoms with Crippen molar-refractivity contribution in [3.05, 3.63) is 33.0 Å². The van der Waals surface area contributed by atoms with Gasteiger partial charge in [0.25, 0.3) is 0 Å². The molecule has 6 heteroatoms. The van der Waals surface area contributed by atoms with Crippen LogP contribution in [0, 0.1) is 10.1 Å². The molecule has 0 fully saturated rings. The van der Waals surface area contributed by atoms with E-state index < -0.39 is 4.92 Å². The van der Waals surface area contributed by atoms with Crippen molar-refractivity contribution in [3.63, 3.8) is 0 Å². The van der Waals surface area contributed by atoms with Gasteiger partial charge in [-0.05, 0) is 28.1 Å². The van der Waals surface area contributed by atoms with Crippen molar-refractivity contribution < 1.29 is 4.92 Å². The van der Waals surface area contributed by atoms with Crippen LogP contribution in [0.5, 0.6) is 0 Å². The minimum atomic E-state index is -0.409. The number of imidazole rings is 1. The van der Waals surface area contributed by atoms with E-state index >= 15 is 0 Å². The summed E-state index contributed by atoms with van der Waals surface area (Å²) in [5.41, 5.74) is 1.22. The molecule has 1 aromatic carbocycles. The molecule has 0 radical (unpaired) electrons. The van der Waals surface area contributed by atoms with E-state index in [2.05, 4.69) is 20.9 Å². The van der Waals surface area contributed by atoms with Crippen LogP contribution < -0.4 is 0 Å². The molecule has 1 aromatic heterocycles. The topological polar surface area (TPSA) is 61.0 Å². The summed E-state index contributed by atoms with van der Waals surface area (Å²) in [4.78, 5) is 14.5. The molecule has 1 heterocycles. The molecule has 0 aliphatic carbocycles. The molecule has 0 aliphatic heterocycles. The van der Waals surface area contributed by atoms with Crippen LogP contribution in [0.2, 0.25) is 0 Å². The van der Waals surface area contributed by atoms with Gasteiger partial charge in [-0.3, -0.25) is 10.1 Å². The lowest BCUT2D eigenvalue weighted by Crippen LogP contribution is -1.94. The summed E-state index contributed by atoms with van der Waals surface area (Å²) in [5, 5.41) is 10.8. The Balaban J connectivity index is 2.94. The minimum absolute atomic E-state index is 0.0579. The Kier molecular flexibility index (Phi) is 1.99. The number of benzene rings is 1. The highest BCUT2D eigenvalue weighted by Crippen LogP contribution is 2.32. The van der Waals surface area contributed by atoms with Crippen LogP contribution in [0.3, 0.4) is 0 Å². The lowest BCUT2D eigenvalue weighted by Gasteiger charge is -1.98. The Morgan fingerprint density at radius 3 is 2.93 bits per heavy atom. The number of nitro groups is 1. The number of halogens is 1. The highest BCUT2D eigenvalue weighted by Gasteiger charge is 2.19. The second-order valence-electron chi connectivity index (χ2n) is 2.88. The number of aromatic nitrogens is 2. The van der Waals surface area contributed by atoms with Crippen molar-refractivity contribution in [2.45, 2.75) is 0 Å². The largest absolute Gasteiger partial charge is 0.328 e. The second-order valence-corrected chi connectivity index (χ2v) is 3.73. The molecular weight excluding hydrogens is 250 g/mol. The number of nitrogens with zero attached hydrogens (tertiary/aromatic N) is 3. The van der Waals surface area contributed by atoms with E-state index in [9.17, 15) is 10.1 Å². The summed E-state index contributed by atoms with van der Waals surface area (Å²) in [5.74, 6) is 0. The third-order valence-corrected chi connectivity index (χ3v) is 2.63. The van der Waals surface area contributed by atoms with Crippen molar-refractivity contribution in [1.82, 2.24) is 9.55 Å². The van der Waals surface area contributed by atoms with Crippen molar-refractivity contribution in [2.75, 3.05) is 0 Å². The zero-order chi connectivity index (χ0) is 10.3. The maximum Gasteiger partial charge on any atom is 0.309 e. The van der Waals surface area contributed by atoms with Gasteiger partial charge in [0.05, 0.1) is 21.2 Å². The molecule has 0 unspecified atom stereocenters. The number of hydrogen-bond acceptors (Lipinski definition) is 3. The number of fused-ring (bicyclic) bond motifs is 1. The van der Waals surface area contributed by atoms with Crippen molar-refractivity contribution in [2.24, 2.45) is 7.05 Å². The Labute approximate surface area is 87.6 Å². The average Bonchev–Trinajstić information content (AvgIpc) is 2.47. The number of rotatable bonds is 1. The molecule has 0 N–H and O–H groups in total. The molecule has 0 spiro atoms. The first kappa shape index (κ1) is 9.14. The van der Waals surface area contributed by atoms with Gasteiger partial charge in [-0.15, -0.1) is 0 Å². The Morgan fingerprint density at radius 2 is 2.29 bits per heavy atom. The maximum absolute atomic E-state index is 10.8. The molecule has 2 aromatic rings. The average molecular weight is 256 g/mol. The molecule has 0 atom stereocenters. The quantitative estimate of drug-likeness (QED) is 0.580. The van der Waals surface area contributed by atoms with Gasteiger partial charge in [0.1, 0.15) is 5.52 Å². The first-order valence-electron chi connectivity index (χ1n) is 3.85. The molecule has 0 aliphatic rings. The molecular formula is C8H6BrN3O2. The van der Waals surface area contributed by atoms with Crippen LogP contribution in [0.1, 0.15) is 0 Å². The van der Waals surface area contributed by atoms with Gasteiger partial charge < -0.3 is 4.57 Å². The fourth-order valence-corrected chi connectivity index (χ4v) is 1.84. The SMILES string of the molecule is Cn1cnc2ccc(Br)c([N+](=O)[O-])c21. The van der Waals surface area contributed by atoms with Crippen molar-refractivity contribution in [3.8, 4) is 0 Å². The summed E-state index contributed by atoms with van der Waals surface area (Å²) in [6.07, 6.45) is 1.56. The molecule has 0 saturated carbocycles. The number of hydrogen-bond donors (Lipinski definition) is 0. The first-order valence-corrected chi connectivity index (χ1v) is 4.64. The van der Waals surface area contributed by atoms with E-state index in [1.165, 1.54) is 0 Å². The summed E-state index contributed by atoms with van der Waals surface area (Å²) in [6, 6.07) is 3.37. The maximum atomic E-state index is 10.8. The van der Waals surface area contributed by atoms with Gasteiger partial charge in [-0.25, -0.2) is 4.98 Å². The molecule has 72 valence electrons. The molecule has 0 bridgehead atoms. The summed E-state index contributed by atoms with van der Waals surface area (Å²) >= 11 is 3.15. The summed E-state index contributed by atoms with van der Waals surface area (Å²) in [6.45, 7) is 0. The molecule has 14 heavy (non-hydrogen) atoms. The third kappa shape index (κ3) is 1.19. The van der Waals surface area contributed by atoms with Gasteiger partial charge in [-0.2, -0.15) is 0 Å². The van der Waals surface area contributed by atoms with Crippen molar-refractivity contribution >= 4 is 32.7 Å². The molecule has 0 amide bonds.